The van der Waals surface area contributed by atoms with Crippen LogP contribution in [-0.2, 0) is 0 Å². The van der Waals surface area contributed by atoms with Gasteiger partial charge in [-0.1, -0.05) is 16.1 Å². The largest absolute Gasteiger partial charge is 0.599 e. The Morgan fingerprint density at radius 2 is 1.23 bits per heavy atom. The highest BCUT2D eigenvalue weighted by Gasteiger charge is 2.88. The van der Waals surface area contributed by atoms with E-state index in [1.54, 1.807) is 0 Å². The van der Waals surface area contributed by atoms with Crippen LogP contribution in [0.5, 0.6) is 0 Å². The van der Waals surface area contributed by atoms with E-state index in [-0.39, 0.29) is 23.9 Å². The first kappa shape index (κ1) is 13.3. The molecule has 0 radical (unpaired) electrons. The summed E-state index contributed by atoms with van der Waals surface area (Å²) in [4.78, 5) is 1.97. The molecule has 0 amide bonds. The zero-order valence-corrected chi connectivity index (χ0v) is 13.7. The van der Waals surface area contributed by atoms with E-state index in [2.05, 4.69) is 24.1 Å². The molecule has 0 bridgehead atoms. The molecule has 2 aliphatic heterocycles. The second-order valence-electron chi connectivity index (χ2n) is 8.99. The molecule has 6 heteroatoms. The third-order valence-corrected chi connectivity index (χ3v) is 8.72. The summed E-state index contributed by atoms with van der Waals surface area (Å²) in [6.07, 6.45) is 3.45. The van der Waals surface area contributed by atoms with Crippen molar-refractivity contribution < 1.29 is 9.72 Å². The Kier molecular flexibility index (Phi) is 2.01. The average Bonchev–Trinajstić information content (AvgIpc) is 3.12. The van der Waals surface area contributed by atoms with Crippen molar-refractivity contribution in [2.75, 3.05) is 0 Å². The van der Waals surface area contributed by atoms with Gasteiger partial charge in [0.2, 0.25) is 11.1 Å². The molecular formula is C16H24N4O2. The van der Waals surface area contributed by atoms with Crippen LogP contribution in [0, 0.1) is 39.5 Å². The van der Waals surface area contributed by atoms with Crippen molar-refractivity contribution in [2.24, 2.45) is 39.3 Å². The van der Waals surface area contributed by atoms with E-state index in [1.807, 2.05) is 13.8 Å². The quantitative estimate of drug-likeness (QED) is 0.509. The molecular weight excluding hydrogens is 280 g/mol. The highest BCUT2D eigenvalue weighted by molar-refractivity contribution is 5.27. The maximum atomic E-state index is 12.8. The molecule has 0 aromatic carbocycles. The van der Waals surface area contributed by atoms with Gasteiger partial charge in [-0.05, 0) is 48.8 Å². The fourth-order valence-corrected chi connectivity index (χ4v) is 7.06. The summed E-state index contributed by atoms with van der Waals surface area (Å²) in [6, 6.07) is 0.193. The van der Waals surface area contributed by atoms with Crippen LogP contribution in [0.3, 0.4) is 0 Å². The van der Waals surface area contributed by atoms with Gasteiger partial charge in [-0.15, -0.1) is 0 Å². The van der Waals surface area contributed by atoms with Crippen molar-refractivity contribution in [3.8, 4) is 0 Å². The predicted molar refractivity (Wildman–Crippen MR) is 78.1 cm³/mol. The third-order valence-electron chi connectivity index (χ3n) is 8.72. The van der Waals surface area contributed by atoms with E-state index in [0.29, 0.717) is 11.8 Å². The normalized spacial score (nSPS) is 60.0. The van der Waals surface area contributed by atoms with Crippen LogP contribution in [0.4, 0.5) is 0 Å². The minimum Gasteiger partial charge on any atom is -0.599 e. The van der Waals surface area contributed by atoms with Crippen LogP contribution in [-0.4, -0.2) is 32.9 Å². The SMILES string of the molecule is CC12[C@H]3C(N=[N+]1[O-])C1CCC[C@H]1[C@H]1N=[N+]([O-])[C@](C)(C31)C2(C)C. The van der Waals surface area contributed by atoms with Gasteiger partial charge in [0.25, 0.3) is 0 Å². The molecule has 5 rings (SSSR count). The number of rotatable bonds is 0. The van der Waals surface area contributed by atoms with Gasteiger partial charge in [0.1, 0.15) is 17.5 Å². The first-order chi connectivity index (χ1) is 10.3. The molecule has 3 saturated carbocycles. The second-order valence-corrected chi connectivity index (χ2v) is 8.99. The molecule has 6 nitrogen and oxygen atoms in total. The Labute approximate surface area is 130 Å². The van der Waals surface area contributed by atoms with Crippen LogP contribution < -0.4 is 0 Å². The van der Waals surface area contributed by atoms with Crippen LogP contribution in [0.15, 0.2) is 10.2 Å². The topological polar surface area (TPSA) is 76.9 Å². The lowest BCUT2D eigenvalue weighted by molar-refractivity contribution is -0.652. The zero-order valence-electron chi connectivity index (χ0n) is 13.7. The minimum atomic E-state index is -0.596. The van der Waals surface area contributed by atoms with Crippen LogP contribution >= 0.6 is 0 Å². The number of fused-ring (bicyclic) bond motifs is 3. The average molecular weight is 304 g/mol. The third kappa shape index (κ3) is 0.959. The lowest BCUT2D eigenvalue weighted by atomic mass is 9.61. The van der Waals surface area contributed by atoms with Gasteiger partial charge in [-0.2, -0.15) is 0 Å². The van der Waals surface area contributed by atoms with Crippen molar-refractivity contribution in [2.45, 2.75) is 70.1 Å². The molecule has 4 unspecified atom stereocenters. The number of hydrogen-bond donors (Lipinski definition) is 0. The highest BCUT2D eigenvalue weighted by atomic mass is 16.5. The molecule has 5 aliphatic rings. The molecule has 2 heterocycles. The minimum absolute atomic E-state index is 0.0963. The summed E-state index contributed by atoms with van der Waals surface area (Å²) in [5, 5.41) is 34.8. The molecule has 0 spiro atoms. The second kappa shape index (κ2) is 3.34. The highest BCUT2D eigenvalue weighted by Crippen LogP contribution is 2.72. The van der Waals surface area contributed by atoms with Crippen molar-refractivity contribution in [3.05, 3.63) is 10.4 Å². The lowest BCUT2D eigenvalue weighted by Crippen LogP contribution is -2.56. The maximum absolute atomic E-state index is 12.8. The number of nitrogens with zero attached hydrogens (tertiary/aromatic N) is 4. The molecule has 120 valence electrons. The summed E-state index contributed by atoms with van der Waals surface area (Å²) in [6.45, 7) is 8.23. The summed E-state index contributed by atoms with van der Waals surface area (Å²) < 4.78 is 0. The molecule has 8 atom stereocenters. The monoisotopic (exact) mass is 304 g/mol. The molecule has 0 N–H and O–H groups in total. The van der Waals surface area contributed by atoms with Crippen molar-refractivity contribution in [3.63, 3.8) is 0 Å². The van der Waals surface area contributed by atoms with E-state index in [1.165, 1.54) is 6.42 Å². The Balaban J connectivity index is 1.80. The van der Waals surface area contributed by atoms with Gasteiger partial charge >= 0.3 is 0 Å². The molecule has 0 saturated heterocycles. The van der Waals surface area contributed by atoms with Gasteiger partial charge in [0.05, 0.1) is 11.8 Å². The van der Waals surface area contributed by atoms with Gasteiger partial charge in [0, 0.05) is 13.8 Å². The van der Waals surface area contributed by atoms with Gasteiger partial charge in [-0.3, -0.25) is 0 Å². The first-order valence-corrected chi connectivity index (χ1v) is 8.62. The zero-order chi connectivity index (χ0) is 15.7. The fourth-order valence-electron chi connectivity index (χ4n) is 7.06. The Morgan fingerprint density at radius 1 is 0.818 bits per heavy atom. The number of hydrogen-bond acceptors (Lipinski definition) is 4. The van der Waals surface area contributed by atoms with E-state index < -0.39 is 16.5 Å². The lowest BCUT2D eigenvalue weighted by Gasteiger charge is -2.38. The molecule has 3 fully saturated rings. The van der Waals surface area contributed by atoms with Crippen molar-refractivity contribution in [1.82, 2.24) is 0 Å². The standard InChI is InChI=1S/C16H24N4O2/c1-14(2)15(3)10-11-13(18-20(22)16(11,14)4)9-7-5-6-8(9)12(10)17-19(15)21/h8-13H,5-7H2,1-4H3/t8-,9?,10?,11-,12-,13?,15-,16?/m1/s1. The van der Waals surface area contributed by atoms with Gasteiger partial charge in [-0.25, -0.2) is 0 Å². The summed E-state index contributed by atoms with van der Waals surface area (Å²) >= 11 is 0. The Morgan fingerprint density at radius 3 is 1.64 bits per heavy atom. The smallest absolute Gasteiger partial charge is 0.213 e. The van der Waals surface area contributed by atoms with Crippen molar-refractivity contribution in [1.29, 1.82) is 0 Å². The fraction of sp³-hybridized carbons (Fsp3) is 1.00. The molecule has 0 aromatic rings. The van der Waals surface area contributed by atoms with Gasteiger partial charge < -0.3 is 10.4 Å². The maximum Gasteiger partial charge on any atom is 0.213 e. The molecule has 0 aromatic heterocycles. The molecule has 3 aliphatic carbocycles. The summed E-state index contributed by atoms with van der Waals surface area (Å²) in [5.41, 5.74) is -1.64. The summed E-state index contributed by atoms with van der Waals surface area (Å²) in [7, 11) is 0. The van der Waals surface area contributed by atoms with Gasteiger partial charge in [0.15, 0.2) is 0 Å². The first-order valence-electron chi connectivity index (χ1n) is 8.62. The summed E-state index contributed by atoms with van der Waals surface area (Å²) in [5.74, 6) is 1.21. The number of azo groups is 2. The van der Waals surface area contributed by atoms with E-state index in [0.717, 1.165) is 22.6 Å². The van der Waals surface area contributed by atoms with E-state index >= 15 is 0 Å². The number of hydroxylamine groups is 2. The van der Waals surface area contributed by atoms with Crippen LogP contribution in [0.25, 0.3) is 0 Å². The Bertz CT molecular complexity index is 592. The van der Waals surface area contributed by atoms with Crippen LogP contribution in [0.1, 0.15) is 47.0 Å². The molecule has 22 heavy (non-hydrogen) atoms. The van der Waals surface area contributed by atoms with Crippen LogP contribution in [0.2, 0.25) is 0 Å². The predicted octanol–water partition coefficient (Wildman–Crippen LogP) is 2.90. The van der Waals surface area contributed by atoms with E-state index in [4.69, 9.17) is 0 Å². The van der Waals surface area contributed by atoms with E-state index in [9.17, 15) is 10.4 Å². The Hall–Kier alpha value is -1.20. The van der Waals surface area contributed by atoms with Crippen molar-refractivity contribution >= 4 is 0 Å².